The first-order valence-electron chi connectivity index (χ1n) is 5.39. The molecule has 17 heavy (non-hydrogen) atoms. The smallest absolute Gasteiger partial charge is 0.317 e. The molecule has 1 saturated heterocycles. The van der Waals surface area contributed by atoms with Gasteiger partial charge in [-0.2, -0.15) is 0 Å². The van der Waals surface area contributed by atoms with Crippen molar-refractivity contribution in [1.29, 1.82) is 0 Å². The molecule has 0 unspecified atom stereocenters. The van der Waals surface area contributed by atoms with Gasteiger partial charge in [0.05, 0.1) is 15.7 Å². The highest BCUT2D eigenvalue weighted by Gasteiger charge is 2.18. The highest BCUT2D eigenvalue weighted by Crippen LogP contribution is 2.29. The van der Waals surface area contributed by atoms with Crippen LogP contribution in [0.1, 0.15) is 0 Å². The van der Waals surface area contributed by atoms with E-state index in [9.17, 15) is 4.79 Å². The van der Waals surface area contributed by atoms with Crippen LogP contribution in [0.4, 0.5) is 10.5 Å². The fourth-order valence-corrected chi connectivity index (χ4v) is 2.06. The number of nitrogens with one attached hydrogen (secondary N) is 2. The Labute approximate surface area is 110 Å². The number of rotatable bonds is 4. The molecule has 0 spiro atoms. The first-order valence-corrected chi connectivity index (χ1v) is 6.15. The summed E-state index contributed by atoms with van der Waals surface area (Å²) in [7, 11) is 0. The number of amides is 2. The third-order valence-corrected chi connectivity index (χ3v) is 3.41. The van der Waals surface area contributed by atoms with E-state index in [-0.39, 0.29) is 6.03 Å². The zero-order valence-electron chi connectivity index (χ0n) is 9.17. The second kappa shape index (κ2) is 5.47. The van der Waals surface area contributed by atoms with Gasteiger partial charge in [-0.3, -0.25) is 0 Å². The number of hydrogen-bond acceptors (Lipinski definition) is 2. The third-order valence-electron chi connectivity index (χ3n) is 2.59. The number of urea groups is 1. The van der Waals surface area contributed by atoms with Crippen molar-refractivity contribution in [3.8, 4) is 0 Å². The average Bonchev–Trinajstić information content (AvgIpc) is 2.71. The normalized spacial score (nSPS) is 14.9. The van der Waals surface area contributed by atoms with Crippen LogP contribution in [-0.2, 0) is 0 Å². The Bertz CT molecular complexity index is 425. The maximum absolute atomic E-state index is 11.3. The molecule has 1 fully saturated rings. The van der Waals surface area contributed by atoms with E-state index >= 15 is 0 Å². The monoisotopic (exact) mass is 273 g/mol. The summed E-state index contributed by atoms with van der Waals surface area (Å²) >= 11 is 11.9. The van der Waals surface area contributed by atoms with Crippen LogP contribution in [0.3, 0.4) is 0 Å². The maximum Gasteiger partial charge on any atom is 0.317 e. The van der Waals surface area contributed by atoms with E-state index in [1.54, 1.807) is 11.0 Å². The Kier molecular flexibility index (Phi) is 3.97. The van der Waals surface area contributed by atoms with E-state index in [1.165, 1.54) is 0 Å². The van der Waals surface area contributed by atoms with Gasteiger partial charge in [0.2, 0.25) is 0 Å². The van der Waals surface area contributed by atoms with Crippen LogP contribution in [0.15, 0.2) is 18.2 Å². The average molecular weight is 274 g/mol. The molecule has 1 aromatic rings. The van der Waals surface area contributed by atoms with Crippen LogP contribution in [0.2, 0.25) is 10.0 Å². The van der Waals surface area contributed by atoms with Crippen LogP contribution >= 0.6 is 23.2 Å². The van der Waals surface area contributed by atoms with Gasteiger partial charge in [0, 0.05) is 26.2 Å². The molecule has 2 amide bonds. The SMILES string of the molecule is O=C1NCCN1CCNc1cccc(Cl)c1Cl. The number of nitrogens with zero attached hydrogens (tertiary/aromatic N) is 1. The maximum atomic E-state index is 11.3. The van der Waals surface area contributed by atoms with E-state index < -0.39 is 0 Å². The summed E-state index contributed by atoms with van der Waals surface area (Å²) in [6.07, 6.45) is 0. The van der Waals surface area contributed by atoms with Gasteiger partial charge >= 0.3 is 6.03 Å². The summed E-state index contributed by atoms with van der Waals surface area (Å²) in [5.74, 6) is 0. The van der Waals surface area contributed by atoms with Crippen molar-refractivity contribution in [2.24, 2.45) is 0 Å². The molecule has 1 aromatic carbocycles. The molecule has 6 heteroatoms. The van der Waals surface area contributed by atoms with Crippen LogP contribution in [0.25, 0.3) is 0 Å². The number of halogens is 2. The topological polar surface area (TPSA) is 44.4 Å². The number of anilines is 1. The predicted octanol–water partition coefficient (Wildman–Crippen LogP) is 2.43. The molecule has 4 nitrogen and oxygen atoms in total. The van der Waals surface area contributed by atoms with Crippen molar-refractivity contribution < 1.29 is 4.79 Å². The van der Waals surface area contributed by atoms with E-state index in [0.29, 0.717) is 23.1 Å². The predicted molar refractivity (Wildman–Crippen MR) is 69.9 cm³/mol. The molecule has 0 bridgehead atoms. The van der Waals surface area contributed by atoms with Crippen LogP contribution in [0.5, 0.6) is 0 Å². The Hall–Kier alpha value is -1.13. The first kappa shape index (κ1) is 12.3. The lowest BCUT2D eigenvalue weighted by atomic mass is 10.3. The first-order chi connectivity index (χ1) is 8.18. The second-order valence-corrected chi connectivity index (χ2v) is 4.53. The lowest BCUT2D eigenvalue weighted by Gasteiger charge is -2.15. The fraction of sp³-hybridized carbons (Fsp3) is 0.364. The van der Waals surface area contributed by atoms with Crippen molar-refractivity contribution >= 4 is 34.9 Å². The van der Waals surface area contributed by atoms with Crippen LogP contribution < -0.4 is 10.6 Å². The molecule has 0 saturated carbocycles. The summed E-state index contributed by atoms with van der Waals surface area (Å²) in [6.45, 7) is 2.77. The van der Waals surface area contributed by atoms with Crippen molar-refractivity contribution in [2.45, 2.75) is 0 Å². The lowest BCUT2D eigenvalue weighted by Crippen LogP contribution is -2.32. The summed E-state index contributed by atoms with van der Waals surface area (Å²) in [5, 5.41) is 6.95. The standard InChI is InChI=1S/C11H13Cl2N3O/c12-8-2-1-3-9(10(8)13)14-4-6-16-7-5-15-11(16)17/h1-3,14H,4-7H2,(H,15,17). The quantitative estimate of drug-likeness (QED) is 0.885. The van der Waals surface area contributed by atoms with E-state index in [0.717, 1.165) is 18.8 Å². The van der Waals surface area contributed by atoms with E-state index in [1.807, 2.05) is 12.1 Å². The van der Waals surface area contributed by atoms with E-state index in [2.05, 4.69) is 10.6 Å². The van der Waals surface area contributed by atoms with Crippen molar-refractivity contribution in [3.05, 3.63) is 28.2 Å². The molecule has 2 N–H and O–H groups in total. The van der Waals surface area contributed by atoms with Gasteiger partial charge in [-0.15, -0.1) is 0 Å². The molecule has 1 heterocycles. The number of hydrogen-bond donors (Lipinski definition) is 2. The molecule has 1 aliphatic heterocycles. The molecule has 2 rings (SSSR count). The van der Waals surface area contributed by atoms with Crippen LogP contribution in [-0.4, -0.2) is 37.1 Å². The molecule has 0 aromatic heterocycles. The van der Waals surface area contributed by atoms with Crippen molar-refractivity contribution in [2.75, 3.05) is 31.5 Å². The number of benzene rings is 1. The Balaban J connectivity index is 1.86. The Morgan fingerprint density at radius 2 is 2.24 bits per heavy atom. The van der Waals surface area contributed by atoms with Crippen molar-refractivity contribution in [1.82, 2.24) is 10.2 Å². The minimum absolute atomic E-state index is 0.0102. The molecule has 0 radical (unpaired) electrons. The molecule has 1 aliphatic rings. The zero-order chi connectivity index (χ0) is 12.3. The summed E-state index contributed by atoms with van der Waals surface area (Å²) in [6, 6.07) is 5.42. The summed E-state index contributed by atoms with van der Waals surface area (Å²) in [5.41, 5.74) is 0.791. The number of carbonyl (C=O) groups is 1. The zero-order valence-corrected chi connectivity index (χ0v) is 10.7. The minimum atomic E-state index is -0.0102. The van der Waals surface area contributed by atoms with E-state index in [4.69, 9.17) is 23.2 Å². The van der Waals surface area contributed by atoms with Gasteiger partial charge in [-0.25, -0.2) is 4.79 Å². The minimum Gasteiger partial charge on any atom is -0.382 e. The number of carbonyl (C=O) groups excluding carboxylic acids is 1. The van der Waals surface area contributed by atoms with Gasteiger partial charge in [0.25, 0.3) is 0 Å². The van der Waals surface area contributed by atoms with Gasteiger partial charge < -0.3 is 15.5 Å². The van der Waals surface area contributed by atoms with Crippen molar-refractivity contribution in [3.63, 3.8) is 0 Å². The highest BCUT2D eigenvalue weighted by molar-refractivity contribution is 6.43. The van der Waals surface area contributed by atoms with Gasteiger partial charge in [0.1, 0.15) is 0 Å². The summed E-state index contributed by atoms with van der Waals surface area (Å²) < 4.78 is 0. The lowest BCUT2D eigenvalue weighted by molar-refractivity contribution is 0.219. The largest absolute Gasteiger partial charge is 0.382 e. The second-order valence-electron chi connectivity index (χ2n) is 3.75. The van der Waals surface area contributed by atoms with Crippen LogP contribution in [0, 0.1) is 0 Å². The fourth-order valence-electron chi connectivity index (χ4n) is 1.69. The molecule has 0 atom stereocenters. The Morgan fingerprint density at radius 1 is 1.41 bits per heavy atom. The Morgan fingerprint density at radius 3 is 2.94 bits per heavy atom. The molecule has 92 valence electrons. The summed E-state index contributed by atoms with van der Waals surface area (Å²) in [4.78, 5) is 13.0. The highest BCUT2D eigenvalue weighted by atomic mass is 35.5. The molecular formula is C11H13Cl2N3O. The molecule has 0 aliphatic carbocycles. The third kappa shape index (κ3) is 2.96. The molecular weight excluding hydrogens is 261 g/mol. The van der Waals surface area contributed by atoms with Gasteiger partial charge in [0.15, 0.2) is 0 Å². The van der Waals surface area contributed by atoms with Gasteiger partial charge in [-0.1, -0.05) is 29.3 Å². The van der Waals surface area contributed by atoms with Gasteiger partial charge in [-0.05, 0) is 12.1 Å².